The van der Waals surface area contributed by atoms with Gasteiger partial charge >= 0.3 is 5.97 Å². The quantitative estimate of drug-likeness (QED) is 0.764. The first-order valence-electron chi connectivity index (χ1n) is 5.05. The zero-order chi connectivity index (χ0) is 10.9. The van der Waals surface area contributed by atoms with Crippen LogP contribution in [0, 0.1) is 6.92 Å². The molecule has 3 heteroatoms. The van der Waals surface area contributed by atoms with E-state index in [9.17, 15) is 4.79 Å². The van der Waals surface area contributed by atoms with Crippen molar-refractivity contribution >= 4 is 5.97 Å². The second-order valence-electron chi connectivity index (χ2n) is 4.07. The molecule has 15 heavy (non-hydrogen) atoms. The summed E-state index contributed by atoms with van der Waals surface area (Å²) < 4.78 is 5.00. The van der Waals surface area contributed by atoms with Gasteiger partial charge in [-0.25, -0.2) is 4.79 Å². The Morgan fingerprint density at radius 2 is 2.07 bits per heavy atom. The molecule has 1 aliphatic rings. The van der Waals surface area contributed by atoms with Crippen molar-refractivity contribution in [3.05, 3.63) is 35.4 Å². The Labute approximate surface area is 88.7 Å². The maximum absolute atomic E-state index is 10.8. The molecule has 0 saturated carbocycles. The lowest BCUT2D eigenvalue weighted by Crippen LogP contribution is -2.24. The molecule has 80 valence electrons. The van der Waals surface area contributed by atoms with E-state index >= 15 is 0 Å². The number of epoxide rings is 1. The summed E-state index contributed by atoms with van der Waals surface area (Å²) >= 11 is 0. The van der Waals surface area contributed by atoms with E-state index in [-0.39, 0.29) is 0 Å². The summed E-state index contributed by atoms with van der Waals surface area (Å²) in [7, 11) is 0. The lowest BCUT2D eigenvalue weighted by atomic mass is 10.00. The summed E-state index contributed by atoms with van der Waals surface area (Å²) in [6, 6.07) is 8.15. The maximum atomic E-state index is 10.8. The van der Waals surface area contributed by atoms with Gasteiger partial charge in [0.1, 0.15) is 0 Å². The second kappa shape index (κ2) is 3.66. The third kappa shape index (κ3) is 2.18. The van der Waals surface area contributed by atoms with Gasteiger partial charge in [0.25, 0.3) is 0 Å². The number of aryl methyl sites for hydroxylation is 2. The molecular weight excluding hydrogens is 192 g/mol. The number of rotatable bonds is 4. The highest BCUT2D eigenvalue weighted by Gasteiger charge is 2.51. The zero-order valence-corrected chi connectivity index (χ0v) is 8.69. The van der Waals surface area contributed by atoms with Crippen LogP contribution in [-0.2, 0) is 16.0 Å². The normalized spacial score (nSPS) is 23.8. The van der Waals surface area contributed by atoms with Crippen molar-refractivity contribution in [1.82, 2.24) is 0 Å². The topological polar surface area (TPSA) is 49.8 Å². The van der Waals surface area contributed by atoms with Crippen molar-refractivity contribution in [3.8, 4) is 0 Å². The van der Waals surface area contributed by atoms with Crippen molar-refractivity contribution in [1.29, 1.82) is 0 Å². The summed E-state index contributed by atoms with van der Waals surface area (Å²) in [4.78, 5) is 10.8. The smallest absolute Gasteiger partial charge is 0.338 e. The van der Waals surface area contributed by atoms with Gasteiger partial charge < -0.3 is 9.84 Å². The number of ether oxygens (including phenoxy) is 1. The third-order valence-electron chi connectivity index (χ3n) is 2.82. The highest BCUT2D eigenvalue weighted by atomic mass is 16.6. The fourth-order valence-electron chi connectivity index (χ4n) is 1.56. The Kier molecular flexibility index (Phi) is 2.49. The molecule has 0 aromatic heterocycles. The minimum Gasteiger partial charge on any atom is -0.479 e. The summed E-state index contributed by atoms with van der Waals surface area (Å²) in [5.74, 6) is -0.838. The highest BCUT2D eigenvalue weighted by Crippen LogP contribution is 2.32. The van der Waals surface area contributed by atoms with Crippen molar-refractivity contribution < 1.29 is 14.6 Å². The average molecular weight is 206 g/mol. The van der Waals surface area contributed by atoms with Gasteiger partial charge in [-0.3, -0.25) is 0 Å². The molecule has 1 saturated heterocycles. The fraction of sp³-hybridized carbons (Fsp3) is 0.417. The predicted molar refractivity (Wildman–Crippen MR) is 55.8 cm³/mol. The van der Waals surface area contributed by atoms with E-state index in [1.165, 1.54) is 5.56 Å². The maximum Gasteiger partial charge on any atom is 0.338 e. The molecule has 1 fully saturated rings. The molecule has 0 bridgehead atoms. The summed E-state index contributed by atoms with van der Waals surface area (Å²) in [6.07, 6.45) is 1.32. The number of carboxylic acid groups (broad SMARTS) is 1. The van der Waals surface area contributed by atoms with Crippen LogP contribution in [0.15, 0.2) is 24.3 Å². The molecular formula is C12H14O3. The standard InChI is InChI=1S/C12H14O3/c1-9-2-4-10(5-3-9)6-7-12(8-15-12)11(13)14/h2-5H,6-8H2,1H3,(H,13,14). The first kappa shape index (κ1) is 10.2. The molecule has 1 aliphatic heterocycles. The molecule has 3 nitrogen and oxygen atoms in total. The van der Waals surface area contributed by atoms with E-state index in [4.69, 9.17) is 9.84 Å². The number of hydrogen-bond acceptors (Lipinski definition) is 2. The van der Waals surface area contributed by atoms with E-state index < -0.39 is 11.6 Å². The van der Waals surface area contributed by atoms with Gasteiger partial charge in [0.2, 0.25) is 0 Å². The fourth-order valence-corrected chi connectivity index (χ4v) is 1.56. The van der Waals surface area contributed by atoms with E-state index in [2.05, 4.69) is 0 Å². The first-order chi connectivity index (χ1) is 7.12. The van der Waals surface area contributed by atoms with Crippen LogP contribution in [0.3, 0.4) is 0 Å². The van der Waals surface area contributed by atoms with Gasteiger partial charge in [0, 0.05) is 0 Å². The minimum atomic E-state index is -0.884. The molecule has 0 aliphatic carbocycles. The molecule has 2 rings (SSSR count). The molecule has 1 unspecified atom stereocenters. The Hall–Kier alpha value is -1.35. The van der Waals surface area contributed by atoms with E-state index in [1.807, 2.05) is 31.2 Å². The number of carbonyl (C=O) groups is 1. The van der Waals surface area contributed by atoms with E-state index in [0.717, 1.165) is 12.0 Å². The SMILES string of the molecule is Cc1ccc(CCC2(C(=O)O)CO2)cc1. The largest absolute Gasteiger partial charge is 0.479 e. The Bertz CT molecular complexity index is 363. The number of benzene rings is 1. The Morgan fingerprint density at radius 3 is 2.53 bits per heavy atom. The molecule has 0 radical (unpaired) electrons. The highest BCUT2D eigenvalue weighted by molar-refractivity contribution is 5.80. The molecule has 0 spiro atoms. The van der Waals surface area contributed by atoms with Crippen LogP contribution in [-0.4, -0.2) is 23.3 Å². The van der Waals surface area contributed by atoms with Crippen LogP contribution in [0.4, 0.5) is 0 Å². The summed E-state index contributed by atoms with van der Waals surface area (Å²) in [5.41, 5.74) is 1.50. The Balaban J connectivity index is 1.94. The Morgan fingerprint density at radius 1 is 1.47 bits per heavy atom. The van der Waals surface area contributed by atoms with Crippen molar-refractivity contribution in [3.63, 3.8) is 0 Å². The van der Waals surface area contributed by atoms with Gasteiger partial charge in [0.15, 0.2) is 5.60 Å². The average Bonchev–Trinajstić information content (AvgIpc) is 2.98. The second-order valence-corrected chi connectivity index (χ2v) is 4.07. The van der Waals surface area contributed by atoms with Crippen molar-refractivity contribution in [2.24, 2.45) is 0 Å². The molecule has 1 N–H and O–H groups in total. The van der Waals surface area contributed by atoms with E-state index in [1.54, 1.807) is 0 Å². The van der Waals surface area contributed by atoms with E-state index in [0.29, 0.717) is 13.0 Å². The van der Waals surface area contributed by atoms with Crippen molar-refractivity contribution in [2.75, 3.05) is 6.61 Å². The van der Waals surface area contributed by atoms with Crippen LogP contribution < -0.4 is 0 Å². The van der Waals surface area contributed by atoms with Gasteiger partial charge in [-0.15, -0.1) is 0 Å². The molecule has 1 heterocycles. The predicted octanol–water partition coefficient (Wildman–Crippen LogP) is 1.78. The molecule has 1 aromatic carbocycles. The molecule has 0 amide bonds. The summed E-state index contributed by atoms with van der Waals surface area (Å²) in [5, 5.41) is 8.90. The van der Waals surface area contributed by atoms with Crippen LogP contribution in [0.2, 0.25) is 0 Å². The number of aliphatic carboxylic acids is 1. The minimum absolute atomic E-state index is 0.355. The molecule has 1 atom stereocenters. The lowest BCUT2D eigenvalue weighted by molar-refractivity contribution is -0.143. The first-order valence-corrected chi connectivity index (χ1v) is 5.05. The summed E-state index contributed by atoms with van der Waals surface area (Å²) in [6.45, 7) is 2.39. The van der Waals surface area contributed by atoms with Crippen LogP contribution in [0.25, 0.3) is 0 Å². The third-order valence-corrected chi connectivity index (χ3v) is 2.82. The number of hydrogen-bond donors (Lipinski definition) is 1. The monoisotopic (exact) mass is 206 g/mol. The zero-order valence-electron chi connectivity index (χ0n) is 8.69. The molecule has 1 aromatic rings. The van der Waals surface area contributed by atoms with Crippen LogP contribution in [0.1, 0.15) is 17.5 Å². The van der Waals surface area contributed by atoms with Gasteiger partial charge in [-0.1, -0.05) is 29.8 Å². The van der Waals surface area contributed by atoms with Gasteiger partial charge in [-0.05, 0) is 25.3 Å². The number of carboxylic acids is 1. The van der Waals surface area contributed by atoms with Gasteiger partial charge in [0.05, 0.1) is 6.61 Å². The lowest BCUT2D eigenvalue weighted by Gasteiger charge is -2.06. The van der Waals surface area contributed by atoms with Crippen molar-refractivity contribution in [2.45, 2.75) is 25.4 Å². The van der Waals surface area contributed by atoms with Crippen LogP contribution in [0.5, 0.6) is 0 Å². The van der Waals surface area contributed by atoms with Crippen LogP contribution >= 0.6 is 0 Å². The van der Waals surface area contributed by atoms with Gasteiger partial charge in [-0.2, -0.15) is 0 Å².